The van der Waals surface area contributed by atoms with E-state index in [-0.39, 0.29) is 0 Å². The molecule has 0 saturated heterocycles. The minimum Gasteiger partial charge on any atom is -0.308 e. The molecular weight excluding hydrogens is 212 g/mol. The highest BCUT2D eigenvalue weighted by atomic mass is 15.3. The number of fused-ring (bicyclic) bond motifs is 1. The molecule has 1 aliphatic carbocycles. The fraction of sp³-hybridized carbons (Fsp3) is 0.692. The molecule has 0 fully saturated rings. The highest BCUT2D eigenvalue weighted by Gasteiger charge is 2.16. The number of rotatable bonds is 3. The van der Waals surface area contributed by atoms with E-state index in [4.69, 9.17) is 10.8 Å². The van der Waals surface area contributed by atoms with E-state index in [0.29, 0.717) is 5.92 Å². The third kappa shape index (κ3) is 2.94. The maximum atomic E-state index is 5.58. The first-order valence-corrected chi connectivity index (χ1v) is 6.56. The molecule has 1 heterocycles. The van der Waals surface area contributed by atoms with Crippen LogP contribution in [-0.2, 0) is 19.3 Å². The molecule has 0 bridgehead atoms. The Hall–Kier alpha value is -1.16. The number of aryl methyl sites for hydroxylation is 1. The first kappa shape index (κ1) is 12.3. The maximum Gasteiger partial charge on any atom is 0.147 e. The summed E-state index contributed by atoms with van der Waals surface area (Å²) < 4.78 is 0. The number of nitrogen functional groups attached to an aromatic ring is 1. The van der Waals surface area contributed by atoms with Gasteiger partial charge in [0.25, 0.3) is 0 Å². The molecule has 0 aliphatic heterocycles. The number of hydrazine groups is 1. The van der Waals surface area contributed by atoms with Crippen LogP contribution in [0, 0.1) is 5.92 Å². The Morgan fingerprint density at radius 3 is 2.65 bits per heavy atom. The van der Waals surface area contributed by atoms with Gasteiger partial charge in [0.2, 0.25) is 0 Å². The summed E-state index contributed by atoms with van der Waals surface area (Å²) in [5.41, 5.74) is 5.19. The van der Waals surface area contributed by atoms with Gasteiger partial charge >= 0.3 is 0 Å². The topological polar surface area (TPSA) is 63.8 Å². The van der Waals surface area contributed by atoms with Gasteiger partial charge in [0.05, 0.1) is 0 Å². The molecule has 0 saturated carbocycles. The normalized spacial score (nSPS) is 15.5. The fourth-order valence-corrected chi connectivity index (χ4v) is 2.40. The summed E-state index contributed by atoms with van der Waals surface area (Å²) >= 11 is 0. The van der Waals surface area contributed by atoms with E-state index in [1.54, 1.807) is 0 Å². The van der Waals surface area contributed by atoms with Gasteiger partial charge in [0.1, 0.15) is 11.6 Å². The summed E-state index contributed by atoms with van der Waals surface area (Å²) in [5, 5.41) is 0. The fourth-order valence-electron chi connectivity index (χ4n) is 2.40. The number of nitrogens with one attached hydrogen (secondary N) is 1. The van der Waals surface area contributed by atoms with Crippen molar-refractivity contribution in [3.63, 3.8) is 0 Å². The number of aromatic nitrogens is 2. The van der Waals surface area contributed by atoms with Crippen LogP contribution < -0.4 is 11.3 Å². The lowest BCUT2D eigenvalue weighted by Crippen LogP contribution is -2.16. The Labute approximate surface area is 103 Å². The van der Waals surface area contributed by atoms with Gasteiger partial charge in [-0.2, -0.15) is 0 Å². The molecule has 3 N–H and O–H groups in total. The summed E-state index contributed by atoms with van der Waals surface area (Å²) in [7, 11) is 0. The third-order valence-corrected chi connectivity index (χ3v) is 3.21. The van der Waals surface area contributed by atoms with Crippen LogP contribution in [0.15, 0.2) is 0 Å². The number of nitrogens with zero attached hydrogens (tertiary/aromatic N) is 2. The van der Waals surface area contributed by atoms with E-state index < -0.39 is 0 Å². The van der Waals surface area contributed by atoms with Crippen molar-refractivity contribution in [2.75, 3.05) is 5.43 Å². The first-order chi connectivity index (χ1) is 8.20. The molecule has 94 valence electrons. The predicted molar refractivity (Wildman–Crippen MR) is 69.6 cm³/mol. The van der Waals surface area contributed by atoms with Crippen LogP contribution in [0.4, 0.5) is 5.82 Å². The van der Waals surface area contributed by atoms with Gasteiger partial charge in [-0.3, -0.25) is 0 Å². The molecule has 4 nitrogen and oxygen atoms in total. The summed E-state index contributed by atoms with van der Waals surface area (Å²) in [4.78, 5) is 9.25. The van der Waals surface area contributed by atoms with Crippen LogP contribution in [0.5, 0.6) is 0 Å². The molecular formula is C13H22N4. The van der Waals surface area contributed by atoms with Crippen molar-refractivity contribution in [1.29, 1.82) is 0 Å². The molecule has 0 radical (unpaired) electrons. The van der Waals surface area contributed by atoms with E-state index in [0.717, 1.165) is 30.9 Å². The van der Waals surface area contributed by atoms with Crippen LogP contribution in [0.3, 0.4) is 0 Å². The van der Waals surface area contributed by atoms with Crippen LogP contribution in [-0.4, -0.2) is 9.97 Å². The number of hydrogen-bond donors (Lipinski definition) is 2. The summed E-state index contributed by atoms with van der Waals surface area (Å²) in [6, 6.07) is 0. The van der Waals surface area contributed by atoms with Gasteiger partial charge in [0, 0.05) is 17.7 Å². The zero-order valence-corrected chi connectivity index (χ0v) is 10.8. The Morgan fingerprint density at radius 2 is 1.94 bits per heavy atom. The van der Waals surface area contributed by atoms with Crippen LogP contribution in [0.25, 0.3) is 0 Å². The smallest absolute Gasteiger partial charge is 0.147 e. The number of hydrogen-bond acceptors (Lipinski definition) is 4. The Kier molecular flexibility index (Phi) is 3.94. The van der Waals surface area contributed by atoms with Gasteiger partial charge in [-0.05, 0) is 31.6 Å². The van der Waals surface area contributed by atoms with Crippen molar-refractivity contribution in [3.05, 3.63) is 17.1 Å². The lowest BCUT2D eigenvalue weighted by molar-refractivity contribution is 0.616. The molecule has 0 amide bonds. The van der Waals surface area contributed by atoms with Crippen molar-refractivity contribution in [3.8, 4) is 0 Å². The molecule has 1 aromatic heterocycles. The molecule has 0 unspecified atom stereocenters. The second-order valence-corrected chi connectivity index (χ2v) is 5.22. The molecule has 4 heteroatoms. The zero-order valence-electron chi connectivity index (χ0n) is 10.8. The van der Waals surface area contributed by atoms with E-state index in [1.807, 2.05) is 0 Å². The van der Waals surface area contributed by atoms with E-state index in [9.17, 15) is 0 Å². The molecule has 1 aliphatic rings. The standard InChI is InChI=1S/C13H22N4/c1-9(2)8-12-15-11-7-5-3-4-6-10(11)13(16-12)17-14/h9H,3-8,14H2,1-2H3,(H,15,16,17). The zero-order chi connectivity index (χ0) is 12.3. The minimum absolute atomic E-state index is 0.574. The third-order valence-electron chi connectivity index (χ3n) is 3.21. The monoisotopic (exact) mass is 234 g/mol. The molecule has 1 aromatic rings. The van der Waals surface area contributed by atoms with Crippen molar-refractivity contribution >= 4 is 5.82 Å². The van der Waals surface area contributed by atoms with Crippen molar-refractivity contribution in [2.24, 2.45) is 11.8 Å². The Morgan fingerprint density at radius 1 is 1.18 bits per heavy atom. The molecule has 0 atom stereocenters. The van der Waals surface area contributed by atoms with Crippen molar-refractivity contribution in [1.82, 2.24) is 9.97 Å². The highest BCUT2D eigenvalue weighted by Crippen LogP contribution is 2.24. The van der Waals surface area contributed by atoms with Crippen LogP contribution >= 0.6 is 0 Å². The molecule has 2 rings (SSSR count). The summed E-state index contributed by atoms with van der Waals surface area (Å²) in [6.07, 6.45) is 6.76. The summed E-state index contributed by atoms with van der Waals surface area (Å²) in [6.45, 7) is 4.37. The van der Waals surface area contributed by atoms with Crippen molar-refractivity contribution < 1.29 is 0 Å². The second kappa shape index (κ2) is 5.45. The van der Waals surface area contributed by atoms with E-state index >= 15 is 0 Å². The second-order valence-electron chi connectivity index (χ2n) is 5.22. The van der Waals surface area contributed by atoms with Gasteiger partial charge in [-0.25, -0.2) is 15.8 Å². The Balaban J connectivity index is 2.36. The van der Waals surface area contributed by atoms with Crippen LogP contribution in [0.2, 0.25) is 0 Å². The summed E-state index contributed by atoms with van der Waals surface area (Å²) in [5.74, 6) is 7.92. The average Bonchev–Trinajstić information content (AvgIpc) is 2.52. The van der Waals surface area contributed by atoms with Crippen LogP contribution in [0.1, 0.15) is 50.2 Å². The highest BCUT2D eigenvalue weighted by molar-refractivity contribution is 5.46. The molecule has 0 spiro atoms. The average molecular weight is 234 g/mol. The Bertz CT molecular complexity index is 387. The quantitative estimate of drug-likeness (QED) is 0.478. The largest absolute Gasteiger partial charge is 0.308 e. The predicted octanol–water partition coefficient (Wildman–Crippen LogP) is 2.23. The number of anilines is 1. The van der Waals surface area contributed by atoms with E-state index in [1.165, 1.54) is 30.5 Å². The lowest BCUT2D eigenvalue weighted by Gasteiger charge is -2.13. The van der Waals surface area contributed by atoms with Gasteiger partial charge < -0.3 is 5.43 Å². The molecule has 0 aromatic carbocycles. The SMILES string of the molecule is CC(C)Cc1nc2c(c(NN)n1)CCCCC2. The molecule has 17 heavy (non-hydrogen) atoms. The van der Waals surface area contributed by atoms with E-state index in [2.05, 4.69) is 24.3 Å². The number of nitrogens with two attached hydrogens (primary N) is 1. The lowest BCUT2D eigenvalue weighted by atomic mass is 10.1. The minimum atomic E-state index is 0.574. The maximum absolute atomic E-state index is 5.58. The first-order valence-electron chi connectivity index (χ1n) is 6.56. The van der Waals surface area contributed by atoms with Gasteiger partial charge in [0.15, 0.2) is 0 Å². The van der Waals surface area contributed by atoms with Gasteiger partial charge in [-0.1, -0.05) is 20.3 Å². The van der Waals surface area contributed by atoms with Crippen molar-refractivity contribution in [2.45, 2.75) is 52.4 Å². The van der Waals surface area contributed by atoms with Gasteiger partial charge in [-0.15, -0.1) is 0 Å².